The van der Waals surface area contributed by atoms with Crippen LogP contribution >= 0.6 is 0 Å². The van der Waals surface area contributed by atoms with Crippen molar-refractivity contribution in [3.8, 4) is 11.1 Å². The molecule has 140 valence electrons. The lowest BCUT2D eigenvalue weighted by Gasteiger charge is -2.10. The summed E-state index contributed by atoms with van der Waals surface area (Å²) in [5, 5.41) is 9.01. The zero-order valence-corrected chi connectivity index (χ0v) is 14.9. The molecule has 2 N–H and O–H groups in total. The van der Waals surface area contributed by atoms with E-state index in [1.807, 2.05) is 25.1 Å². The van der Waals surface area contributed by atoms with E-state index >= 15 is 0 Å². The van der Waals surface area contributed by atoms with Crippen LogP contribution in [0.2, 0.25) is 0 Å². The molecule has 0 spiro atoms. The molecule has 5 nitrogen and oxygen atoms in total. The first-order chi connectivity index (χ1) is 13.5. The van der Waals surface area contributed by atoms with Crippen molar-refractivity contribution < 1.29 is 13.6 Å². The van der Waals surface area contributed by atoms with E-state index in [2.05, 4.69) is 15.6 Å². The average molecular weight is 378 g/mol. The summed E-state index contributed by atoms with van der Waals surface area (Å²) in [6.07, 6.45) is 1.48. The number of nitrogens with one attached hydrogen (secondary N) is 2. The summed E-state index contributed by atoms with van der Waals surface area (Å²) in [6.45, 7) is 1.96. The van der Waals surface area contributed by atoms with Gasteiger partial charge in [0.15, 0.2) is 0 Å². The molecule has 0 aliphatic heterocycles. The van der Waals surface area contributed by atoms with Crippen LogP contribution in [0.3, 0.4) is 0 Å². The Bertz CT molecular complexity index is 1040. The smallest absolute Gasteiger partial charge is 0.261 e. The van der Waals surface area contributed by atoms with Gasteiger partial charge in [-0.2, -0.15) is 5.53 Å². The molecule has 0 saturated carbocycles. The molecule has 0 aromatic heterocycles. The Labute approximate surface area is 160 Å². The van der Waals surface area contributed by atoms with Crippen molar-refractivity contribution in [3.63, 3.8) is 0 Å². The quantitative estimate of drug-likeness (QED) is 0.340. The summed E-state index contributed by atoms with van der Waals surface area (Å²) >= 11 is 0. The van der Waals surface area contributed by atoms with Gasteiger partial charge in [-0.1, -0.05) is 35.6 Å². The average Bonchev–Trinajstić information content (AvgIpc) is 2.68. The van der Waals surface area contributed by atoms with Gasteiger partial charge in [-0.3, -0.25) is 4.79 Å². The van der Waals surface area contributed by atoms with Crippen LogP contribution in [-0.4, -0.2) is 12.1 Å². The van der Waals surface area contributed by atoms with Gasteiger partial charge in [0.25, 0.3) is 5.91 Å². The van der Waals surface area contributed by atoms with Crippen LogP contribution in [0.5, 0.6) is 0 Å². The minimum atomic E-state index is -0.914. The van der Waals surface area contributed by atoms with E-state index < -0.39 is 23.1 Å². The molecule has 0 bridgehead atoms. The maximum absolute atomic E-state index is 13.7. The minimum Gasteiger partial charge on any atom is -0.322 e. The predicted molar refractivity (Wildman–Crippen MR) is 104 cm³/mol. The molecule has 0 heterocycles. The molecule has 7 heteroatoms. The van der Waals surface area contributed by atoms with E-state index in [-0.39, 0.29) is 0 Å². The number of hydrogen-bond acceptors (Lipinski definition) is 3. The number of carbonyl (C=O) groups is 1. The number of aryl methyl sites for hydroxylation is 1. The highest BCUT2D eigenvalue weighted by molar-refractivity contribution is 6.04. The Hall–Kier alpha value is -3.74. The topological polar surface area (TPSA) is 77.7 Å². The predicted octanol–water partition coefficient (Wildman–Crippen LogP) is 5.56. The monoisotopic (exact) mass is 378 g/mol. The highest BCUT2D eigenvalue weighted by atomic mass is 19.1. The molecule has 0 saturated heterocycles. The molecule has 28 heavy (non-hydrogen) atoms. The Balaban J connectivity index is 1.83. The third-order valence-corrected chi connectivity index (χ3v) is 4.17. The fourth-order valence-corrected chi connectivity index (χ4v) is 2.77. The molecule has 0 radical (unpaired) electrons. The molecule has 3 aromatic carbocycles. The van der Waals surface area contributed by atoms with Crippen LogP contribution in [0.25, 0.3) is 11.1 Å². The zero-order valence-electron chi connectivity index (χ0n) is 14.9. The van der Waals surface area contributed by atoms with Crippen LogP contribution in [-0.2, 0) is 0 Å². The molecule has 0 aliphatic carbocycles. The van der Waals surface area contributed by atoms with Gasteiger partial charge in [-0.25, -0.2) is 8.78 Å². The number of carbonyl (C=O) groups excluding carboxylic acids is 1. The maximum Gasteiger partial charge on any atom is 0.261 e. The summed E-state index contributed by atoms with van der Waals surface area (Å²) in [6, 6.07) is 15.9. The van der Waals surface area contributed by atoms with Crippen LogP contribution in [0, 0.1) is 24.1 Å². The van der Waals surface area contributed by atoms with Crippen LogP contribution in [0.15, 0.2) is 71.0 Å². The lowest BCUT2D eigenvalue weighted by Crippen LogP contribution is -2.15. The van der Waals surface area contributed by atoms with Crippen molar-refractivity contribution in [2.24, 2.45) is 10.3 Å². The van der Waals surface area contributed by atoms with Gasteiger partial charge in [-0.15, -0.1) is 5.10 Å². The first kappa shape index (κ1) is 19.0. The highest BCUT2D eigenvalue weighted by Crippen LogP contribution is 2.26. The fourth-order valence-electron chi connectivity index (χ4n) is 2.77. The van der Waals surface area contributed by atoms with Gasteiger partial charge < -0.3 is 5.32 Å². The third-order valence-electron chi connectivity index (χ3n) is 4.17. The largest absolute Gasteiger partial charge is 0.322 e. The summed E-state index contributed by atoms with van der Waals surface area (Å²) in [5.41, 5.74) is 10.2. The van der Waals surface area contributed by atoms with E-state index in [1.165, 1.54) is 12.3 Å². The number of benzene rings is 3. The number of anilines is 1. The fraction of sp³-hybridized carbons (Fsp3) is 0.0476. The van der Waals surface area contributed by atoms with E-state index in [1.54, 1.807) is 24.3 Å². The Morgan fingerprint density at radius 2 is 1.71 bits per heavy atom. The lowest BCUT2D eigenvalue weighted by atomic mass is 9.98. The van der Waals surface area contributed by atoms with Gasteiger partial charge in [0.2, 0.25) is 0 Å². The van der Waals surface area contributed by atoms with Crippen molar-refractivity contribution in [1.82, 2.24) is 0 Å². The van der Waals surface area contributed by atoms with Gasteiger partial charge in [0.05, 0.1) is 6.21 Å². The van der Waals surface area contributed by atoms with E-state index in [0.717, 1.165) is 34.4 Å². The first-order valence-corrected chi connectivity index (χ1v) is 8.36. The first-order valence-electron chi connectivity index (χ1n) is 8.36. The van der Waals surface area contributed by atoms with Crippen molar-refractivity contribution in [3.05, 3.63) is 89.0 Å². The Morgan fingerprint density at radius 3 is 2.36 bits per heavy atom. The molecule has 3 rings (SSSR count). The normalized spacial score (nSPS) is 10.8. The van der Waals surface area contributed by atoms with Crippen LogP contribution < -0.4 is 5.32 Å². The van der Waals surface area contributed by atoms with Gasteiger partial charge in [0, 0.05) is 5.69 Å². The number of amides is 1. The molecule has 0 atom stereocenters. The van der Waals surface area contributed by atoms with Crippen molar-refractivity contribution in [2.75, 3.05) is 5.32 Å². The third kappa shape index (κ3) is 4.15. The molecule has 3 aromatic rings. The number of nitrogens with zero attached hydrogens (tertiary/aromatic N) is 2. The number of hydrogen-bond donors (Lipinski definition) is 2. The molecule has 1 amide bonds. The number of rotatable bonds is 5. The Morgan fingerprint density at radius 1 is 1.04 bits per heavy atom. The minimum absolute atomic E-state index is 0.416. The lowest BCUT2D eigenvalue weighted by molar-refractivity contribution is 0.101. The highest BCUT2D eigenvalue weighted by Gasteiger charge is 2.17. The standard InChI is InChI=1S/C21H16F2N4O/c1-13-5-6-14(12-25-27-24)11-17(13)15-7-9-16(10-8-15)26-21(28)20-18(22)3-2-4-19(20)23/h2-12,24H,1H3,(H,26,28). The van der Waals surface area contributed by atoms with E-state index in [0.29, 0.717) is 5.69 Å². The van der Waals surface area contributed by atoms with Gasteiger partial charge in [0.1, 0.15) is 17.2 Å². The second-order valence-corrected chi connectivity index (χ2v) is 6.05. The molecule has 0 aliphatic rings. The second kappa shape index (κ2) is 8.30. The van der Waals surface area contributed by atoms with Crippen LogP contribution in [0.1, 0.15) is 21.5 Å². The number of halogens is 2. The summed E-state index contributed by atoms with van der Waals surface area (Å²) in [7, 11) is 0. The maximum atomic E-state index is 13.7. The molecule has 0 fully saturated rings. The van der Waals surface area contributed by atoms with Crippen LogP contribution in [0.4, 0.5) is 14.5 Å². The van der Waals surface area contributed by atoms with Gasteiger partial charge in [-0.05, 0) is 59.5 Å². The van der Waals surface area contributed by atoms with Crippen molar-refractivity contribution >= 4 is 17.8 Å². The van der Waals surface area contributed by atoms with Crippen molar-refractivity contribution in [1.29, 1.82) is 5.53 Å². The molecular weight excluding hydrogens is 362 g/mol. The summed E-state index contributed by atoms with van der Waals surface area (Å²) in [4.78, 5) is 12.2. The Kier molecular flexibility index (Phi) is 5.64. The second-order valence-electron chi connectivity index (χ2n) is 6.05. The summed E-state index contributed by atoms with van der Waals surface area (Å²) in [5.74, 6) is -2.68. The summed E-state index contributed by atoms with van der Waals surface area (Å²) < 4.78 is 27.5. The van der Waals surface area contributed by atoms with Crippen molar-refractivity contribution in [2.45, 2.75) is 6.92 Å². The zero-order chi connectivity index (χ0) is 20.1. The van der Waals surface area contributed by atoms with E-state index in [4.69, 9.17) is 5.53 Å². The van der Waals surface area contributed by atoms with Gasteiger partial charge >= 0.3 is 0 Å². The van der Waals surface area contributed by atoms with E-state index in [9.17, 15) is 13.6 Å². The molecular formula is C21H16F2N4O. The SMILES string of the molecule is Cc1ccc(C=NN=N)cc1-c1ccc(NC(=O)c2c(F)cccc2F)cc1. The molecule has 0 unspecified atom stereocenters.